The van der Waals surface area contributed by atoms with E-state index < -0.39 is 10.8 Å². The third kappa shape index (κ3) is 3.12. The van der Waals surface area contributed by atoms with Gasteiger partial charge in [-0.05, 0) is 18.2 Å². The molecule has 1 aromatic rings. The Labute approximate surface area is 105 Å². The van der Waals surface area contributed by atoms with Crippen molar-refractivity contribution in [2.24, 2.45) is 0 Å². The molecule has 0 aliphatic carbocycles. The molecule has 1 aromatic carbocycles. The Morgan fingerprint density at radius 3 is 2.75 bits per heavy atom. The molecule has 2 nitrogen and oxygen atoms in total. The van der Waals surface area contributed by atoms with Gasteiger partial charge < -0.3 is 0 Å². The summed E-state index contributed by atoms with van der Waals surface area (Å²) in [5.74, 6) is 1.24. The topological polar surface area (TPSA) is 20.3 Å². The molecule has 1 heterocycles. The number of halogens is 2. The molecular weight excluding hydrogens is 293 g/mol. The van der Waals surface area contributed by atoms with Crippen molar-refractivity contribution < 1.29 is 8.60 Å². The fourth-order valence-corrected chi connectivity index (χ4v) is 3.28. The first-order valence-electron chi connectivity index (χ1n) is 5.16. The largest absolute Gasteiger partial charge is 0.297 e. The second kappa shape index (κ2) is 5.38. The van der Waals surface area contributed by atoms with Crippen LogP contribution >= 0.6 is 15.9 Å². The van der Waals surface area contributed by atoms with Gasteiger partial charge in [0.05, 0.1) is 0 Å². The Morgan fingerprint density at radius 1 is 1.38 bits per heavy atom. The summed E-state index contributed by atoms with van der Waals surface area (Å²) in [6, 6.07) is 4.98. The van der Waals surface area contributed by atoms with Crippen LogP contribution in [-0.4, -0.2) is 33.7 Å². The van der Waals surface area contributed by atoms with Gasteiger partial charge in [-0.3, -0.25) is 9.11 Å². The molecule has 0 radical (unpaired) electrons. The van der Waals surface area contributed by atoms with Crippen LogP contribution in [0.5, 0.6) is 0 Å². The number of hydrogen-bond acceptors (Lipinski definition) is 2. The van der Waals surface area contributed by atoms with Crippen LogP contribution in [0.4, 0.5) is 4.39 Å². The molecule has 1 aliphatic heterocycles. The number of rotatable bonds is 2. The fourth-order valence-electron chi connectivity index (χ4n) is 1.74. The highest BCUT2D eigenvalue weighted by atomic mass is 79.9. The van der Waals surface area contributed by atoms with Crippen molar-refractivity contribution in [3.8, 4) is 0 Å². The van der Waals surface area contributed by atoms with E-state index in [0.717, 1.165) is 17.6 Å². The van der Waals surface area contributed by atoms with Gasteiger partial charge >= 0.3 is 0 Å². The van der Waals surface area contributed by atoms with Crippen molar-refractivity contribution in [3.63, 3.8) is 0 Å². The van der Waals surface area contributed by atoms with E-state index in [1.54, 1.807) is 12.1 Å². The second-order valence-corrected chi connectivity index (χ2v) is 6.47. The summed E-state index contributed by atoms with van der Waals surface area (Å²) in [4.78, 5) is 2.15. The third-order valence-corrected chi connectivity index (χ3v) is 4.44. The van der Waals surface area contributed by atoms with Gasteiger partial charge in [0.15, 0.2) is 0 Å². The van der Waals surface area contributed by atoms with E-state index >= 15 is 0 Å². The van der Waals surface area contributed by atoms with Gasteiger partial charge in [-0.15, -0.1) is 0 Å². The van der Waals surface area contributed by atoms with Crippen molar-refractivity contribution in [1.82, 2.24) is 4.90 Å². The first-order chi connectivity index (χ1) is 7.65. The van der Waals surface area contributed by atoms with Gasteiger partial charge in [-0.1, -0.05) is 15.9 Å². The summed E-state index contributed by atoms with van der Waals surface area (Å²) in [5.41, 5.74) is 0.696. The smallest absolute Gasteiger partial charge is 0.127 e. The zero-order valence-corrected chi connectivity index (χ0v) is 11.2. The van der Waals surface area contributed by atoms with Gasteiger partial charge in [0.25, 0.3) is 0 Å². The first-order valence-corrected chi connectivity index (χ1v) is 7.44. The summed E-state index contributed by atoms with van der Waals surface area (Å²) in [6.07, 6.45) is 0. The summed E-state index contributed by atoms with van der Waals surface area (Å²) in [5, 5.41) is 0. The maximum atomic E-state index is 13.5. The minimum atomic E-state index is -0.673. The quantitative estimate of drug-likeness (QED) is 0.834. The molecule has 88 valence electrons. The monoisotopic (exact) mass is 305 g/mol. The lowest BCUT2D eigenvalue weighted by atomic mass is 10.2. The summed E-state index contributed by atoms with van der Waals surface area (Å²) in [7, 11) is -0.673. The minimum Gasteiger partial charge on any atom is -0.297 e. The summed E-state index contributed by atoms with van der Waals surface area (Å²) in [6.45, 7) is 2.18. The highest BCUT2D eigenvalue weighted by Gasteiger charge is 2.16. The molecule has 0 spiro atoms. The van der Waals surface area contributed by atoms with Crippen LogP contribution < -0.4 is 0 Å². The predicted molar refractivity (Wildman–Crippen MR) is 67.3 cm³/mol. The van der Waals surface area contributed by atoms with Crippen LogP contribution in [0.2, 0.25) is 0 Å². The molecular formula is C11H13BrFNOS. The standard InChI is InChI=1S/C11H13BrFNOS/c12-10-1-2-11(13)9(7-10)8-14-3-5-16(15)6-4-14/h1-2,7H,3-6,8H2. The number of benzene rings is 1. The molecule has 0 N–H and O–H groups in total. The predicted octanol–water partition coefficient (Wildman–Crippen LogP) is 2.15. The molecule has 1 aliphatic rings. The minimum absolute atomic E-state index is 0.171. The normalized spacial score (nSPS) is 18.9. The summed E-state index contributed by atoms with van der Waals surface area (Å²) < 4.78 is 25.6. The molecule has 2 rings (SSSR count). The zero-order valence-electron chi connectivity index (χ0n) is 8.79. The molecule has 0 atom stereocenters. The van der Waals surface area contributed by atoms with Gasteiger partial charge in [-0.25, -0.2) is 4.39 Å². The van der Waals surface area contributed by atoms with Crippen LogP contribution in [-0.2, 0) is 17.3 Å². The van der Waals surface area contributed by atoms with E-state index in [0.29, 0.717) is 23.6 Å². The van der Waals surface area contributed by atoms with Crippen molar-refractivity contribution in [2.75, 3.05) is 24.6 Å². The van der Waals surface area contributed by atoms with Crippen LogP contribution in [0.15, 0.2) is 22.7 Å². The van der Waals surface area contributed by atoms with E-state index in [2.05, 4.69) is 20.8 Å². The second-order valence-electron chi connectivity index (χ2n) is 3.86. The van der Waals surface area contributed by atoms with Gasteiger partial charge in [0.1, 0.15) is 5.82 Å². The van der Waals surface area contributed by atoms with E-state index in [9.17, 15) is 8.60 Å². The molecule has 1 fully saturated rings. The molecule has 0 saturated carbocycles. The van der Waals surface area contributed by atoms with Crippen LogP contribution in [0, 0.1) is 5.82 Å². The number of nitrogens with zero attached hydrogens (tertiary/aromatic N) is 1. The van der Waals surface area contributed by atoms with Crippen molar-refractivity contribution in [1.29, 1.82) is 0 Å². The third-order valence-electron chi connectivity index (χ3n) is 2.67. The van der Waals surface area contributed by atoms with Crippen molar-refractivity contribution >= 4 is 26.7 Å². The molecule has 16 heavy (non-hydrogen) atoms. The SMILES string of the molecule is O=S1CCN(Cc2cc(Br)ccc2F)CC1. The molecule has 5 heteroatoms. The Kier molecular flexibility index (Phi) is 4.10. The molecule has 1 saturated heterocycles. The molecule has 0 amide bonds. The van der Waals surface area contributed by atoms with Crippen LogP contribution in [0.3, 0.4) is 0 Å². The highest BCUT2D eigenvalue weighted by molar-refractivity contribution is 9.10. The zero-order chi connectivity index (χ0) is 11.5. The fraction of sp³-hybridized carbons (Fsp3) is 0.455. The Hall–Kier alpha value is -0.260. The summed E-state index contributed by atoms with van der Waals surface area (Å²) >= 11 is 3.34. The maximum Gasteiger partial charge on any atom is 0.127 e. The van der Waals surface area contributed by atoms with Crippen LogP contribution in [0.25, 0.3) is 0 Å². The van der Waals surface area contributed by atoms with Gasteiger partial charge in [-0.2, -0.15) is 0 Å². The van der Waals surface area contributed by atoms with E-state index in [1.165, 1.54) is 6.07 Å². The average molecular weight is 306 g/mol. The molecule has 0 bridgehead atoms. The van der Waals surface area contributed by atoms with Crippen molar-refractivity contribution in [3.05, 3.63) is 34.1 Å². The van der Waals surface area contributed by atoms with Crippen LogP contribution in [0.1, 0.15) is 5.56 Å². The highest BCUT2D eigenvalue weighted by Crippen LogP contribution is 2.17. The Balaban J connectivity index is 2.03. The lowest BCUT2D eigenvalue weighted by Gasteiger charge is -2.26. The first kappa shape index (κ1) is 12.2. The van der Waals surface area contributed by atoms with E-state index in [4.69, 9.17) is 0 Å². The average Bonchev–Trinajstić information content (AvgIpc) is 2.27. The molecule has 0 aromatic heterocycles. The lowest BCUT2D eigenvalue weighted by Crippen LogP contribution is -2.37. The van der Waals surface area contributed by atoms with E-state index in [-0.39, 0.29) is 5.82 Å². The Bertz CT molecular complexity index is 403. The van der Waals surface area contributed by atoms with Crippen molar-refractivity contribution in [2.45, 2.75) is 6.54 Å². The number of hydrogen-bond donors (Lipinski definition) is 0. The Morgan fingerprint density at radius 2 is 2.06 bits per heavy atom. The van der Waals surface area contributed by atoms with Gasteiger partial charge in [0, 0.05) is 52.0 Å². The maximum absolute atomic E-state index is 13.5. The molecule has 0 unspecified atom stereocenters. The van der Waals surface area contributed by atoms with E-state index in [1.807, 2.05) is 0 Å². The lowest BCUT2D eigenvalue weighted by molar-refractivity contribution is 0.287. The van der Waals surface area contributed by atoms with Gasteiger partial charge in [0.2, 0.25) is 0 Å².